The first-order chi connectivity index (χ1) is 10.7. The molecular formula is C16H30N2O4S. The summed E-state index contributed by atoms with van der Waals surface area (Å²) < 4.78 is 31.2. The Morgan fingerprint density at radius 3 is 2.57 bits per heavy atom. The molecule has 23 heavy (non-hydrogen) atoms. The molecule has 0 aromatic rings. The molecule has 2 fully saturated rings. The van der Waals surface area contributed by atoms with Crippen LogP contribution < -0.4 is 4.72 Å². The number of amides is 1. The van der Waals surface area contributed by atoms with Crippen molar-refractivity contribution in [2.45, 2.75) is 51.6 Å². The molecule has 1 atom stereocenters. The lowest BCUT2D eigenvalue weighted by molar-refractivity contribution is -0.147. The number of sulfonamides is 1. The Kier molecular flexibility index (Phi) is 6.08. The van der Waals surface area contributed by atoms with Gasteiger partial charge in [-0.15, -0.1) is 0 Å². The van der Waals surface area contributed by atoms with Gasteiger partial charge >= 0.3 is 0 Å². The Labute approximate surface area is 140 Å². The lowest BCUT2D eigenvalue weighted by Crippen LogP contribution is -2.51. The van der Waals surface area contributed by atoms with Crippen molar-refractivity contribution in [3.8, 4) is 0 Å². The Morgan fingerprint density at radius 1 is 1.35 bits per heavy atom. The predicted octanol–water partition coefficient (Wildman–Crippen LogP) is 1.37. The number of ether oxygens (including phenoxy) is 1. The van der Waals surface area contributed by atoms with Gasteiger partial charge in [0.1, 0.15) is 0 Å². The van der Waals surface area contributed by atoms with Crippen LogP contribution in [0.4, 0.5) is 0 Å². The van der Waals surface area contributed by atoms with Crippen molar-refractivity contribution in [1.82, 2.24) is 9.62 Å². The van der Waals surface area contributed by atoms with Gasteiger partial charge < -0.3 is 9.64 Å². The van der Waals surface area contributed by atoms with Gasteiger partial charge in [-0.2, -0.15) is 0 Å². The number of rotatable bonds is 5. The third-order valence-corrected chi connectivity index (χ3v) is 5.53. The quantitative estimate of drug-likeness (QED) is 0.816. The maximum atomic E-state index is 12.2. The summed E-state index contributed by atoms with van der Waals surface area (Å²) in [5.74, 6) is 0.938. The second kappa shape index (κ2) is 7.49. The predicted molar refractivity (Wildman–Crippen MR) is 89.5 cm³/mol. The monoisotopic (exact) mass is 346 g/mol. The average Bonchev–Trinajstić information content (AvgIpc) is 2.44. The molecule has 2 heterocycles. The topological polar surface area (TPSA) is 75.7 Å². The van der Waals surface area contributed by atoms with Crippen molar-refractivity contribution in [2.75, 3.05) is 32.5 Å². The molecule has 0 aromatic heterocycles. The largest absolute Gasteiger partial charge is 0.375 e. The molecule has 2 rings (SSSR count). The molecule has 2 saturated heterocycles. The molecule has 134 valence electrons. The summed E-state index contributed by atoms with van der Waals surface area (Å²) in [4.78, 5) is 14.1. The SMILES string of the molecule is CC(C)CC(=O)N1CCC2(CC1)CC(CNS(C)(=O)=O)CCO2. The van der Waals surface area contributed by atoms with Crippen molar-refractivity contribution in [3.63, 3.8) is 0 Å². The Morgan fingerprint density at radius 2 is 2.00 bits per heavy atom. The van der Waals surface area contributed by atoms with Crippen LogP contribution in [0.15, 0.2) is 0 Å². The van der Waals surface area contributed by atoms with E-state index >= 15 is 0 Å². The zero-order valence-electron chi connectivity index (χ0n) is 14.5. The van der Waals surface area contributed by atoms with Crippen LogP contribution in [0.5, 0.6) is 0 Å². The third-order valence-electron chi connectivity index (χ3n) is 4.84. The molecule has 2 aliphatic rings. The minimum Gasteiger partial charge on any atom is -0.375 e. The van der Waals surface area contributed by atoms with Crippen molar-refractivity contribution in [1.29, 1.82) is 0 Å². The second-order valence-corrected chi connectivity index (χ2v) is 9.32. The Bertz CT molecular complexity index is 510. The number of nitrogens with zero attached hydrogens (tertiary/aromatic N) is 1. The molecule has 7 heteroatoms. The summed E-state index contributed by atoms with van der Waals surface area (Å²) >= 11 is 0. The first kappa shape index (κ1) is 18.7. The van der Waals surface area contributed by atoms with E-state index in [1.165, 1.54) is 6.26 Å². The van der Waals surface area contributed by atoms with E-state index in [0.717, 1.165) is 38.8 Å². The smallest absolute Gasteiger partial charge is 0.222 e. The van der Waals surface area contributed by atoms with E-state index < -0.39 is 10.0 Å². The van der Waals surface area contributed by atoms with Gasteiger partial charge in [-0.25, -0.2) is 13.1 Å². The van der Waals surface area contributed by atoms with Gasteiger partial charge in [-0.05, 0) is 37.5 Å². The molecule has 1 unspecified atom stereocenters. The summed E-state index contributed by atoms with van der Waals surface area (Å²) in [6, 6.07) is 0. The Hall–Kier alpha value is -0.660. The van der Waals surface area contributed by atoms with E-state index in [-0.39, 0.29) is 11.5 Å². The van der Waals surface area contributed by atoms with Crippen LogP contribution in [0.2, 0.25) is 0 Å². The number of piperidine rings is 1. The van der Waals surface area contributed by atoms with E-state index in [0.29, 0.717) is 31.4 Å². The van der Waals surface area contributed by atoms with Gasteiger partial charge in [0.05, 0.1) is 11.9 Å². The highest BCUT2D eigenvalue weighted by atomic mass is 32.2. The molecule has 0 radical (unpaired) electrons. The minimum absolute atomic E-state index is 0.170. The molecule has 6 nitrogen and oxygen atoms in total. The summed E-state index contributed by atoms with van der Waals surface area (Å²) in [5.41, 5.74) is -0.170. The number of carbonyl (C=O) groups excluding carboxylic acids is 1. The highest BCUT2D eigenvalue weighted by Crippen LogP contribution is 2.37. The van der Waals surface area contributed by atoms with Crippen LogP contribution in [0, 0.1) is 11.8 Å². The zero-order valence-corrected chi connectivity index (χ0v) is 15.3. The molecule has 0 saturated carbocycles. The number of carbonyl (C=O) groups is 1. The van der Waals surface area contributed by atoms with E-state index in [9.17, 15) is 13.2 Å². The van der Waals surface area contributed by atoms with Crippen molar-refractivity contribution >= 4 is 15.9 Å². The number of likely N-dealkylation sites (tertiary alicyclic amines) is 1. The first-order valence-electron chi connectivity index (χ1n) is 8.55. The van der Waals surface area contributed by atoms with E-state index in [2.05, 4.69) is 18.6 Å². The second-order valence-electron chi connectivity index (χ2n) is 7.49. The van der Waals surface area contributed by atoms with E-state index in [1.54, 1.807) is 0 Å². The lowest BCUT2D eigenvalue weighted by Gasteiger charge is -2.46. The molecule has 2 aliphatic heterocycles. The molecule has 1 amide bonds. The highest BCUT2D eigenvalue weighted by Gasteiger charge is 2.41. The molecule has 0 aliphatic carbocycles. The van der Waals surface area contributed by atoms with Crippen LogP contribution in [-0.4, -0.2) is 57.3 Å². The molecule has 1 spiro atoms. The lowest BCUT2D eigenvalue weighted by atomic mass is 9.79. The van der Waals surface area contributed by atoms with Crippen LogP contribution in [0.1, 0.15) is 46.0 Å². The highest BCUT2D eigenvalue weighted by molar-refractivity contribution is 7.88. The first-order valence-corrected chi connectivity index (χ1v) is 10.4. The molecule has 0 aromatic carbocycles. The van der Waals surface area contributed by atoms with Crippen LogP contribution in [0.3, 0.4) is 0 Å². The maximum Gasteiger partial charge on any atom is 0.222 e. The minimum atomic E-state index is -3.14. The zero-order chi connectivity index (χ0) is 17.1. The van der Waals surface area contributed by atoms with Crippen molar-refractivity contribution in [2.24, 2.45) is 11.8 Å². The fraction of sp³-hybridized carbons (Fsp3) is 0.938. The van der Waals surface area contributed by atoms with Gasteiger partial charge in [0, 0.05) is 32.7 Å². The standard InChI is InChI=1S/C16H30N2O4S/c1-13(2)10-15(19)18-7-5-16(6-8-18)11-14(4-9-22-16)12-17-23(3,20)21/h13-14,17H,4-12H2,1-3H3. The van der Waals surface area contributed by atoms with Gasteiger partial charge in [-0.3, -0.25) is 4.79 Å². The van der Waals surface area contributed by atoms with Gasteiger partial charge in [0.2, 0.25) is 15.9 Å². The van der Waals surface area contributed by atoms with Crippen LogP contribution >= 0.6 is 0 Å². The van der Waals surface area contributed by atoms with E-state index in [4.69, 9.17) is 4.74 Å². The molecule has 0 bridgehead atoms. The van der Waals surface area contributed by atoms with Crippen molar-refractivity contribution < 1.29 is 17.9 Å². The van der Waals surface area contributed by atoms with Crippen LogP contribution in [-0.2, 0) is 19.6 Å². The number of hydrogen-bond donors (Lipinski definition) is 1. The maximum absolute atomic E-state index is 12.2. The normalized spacial score (nSPS) is 25.0. The van der Waals surface area contributed by atoms with Gasteiger partial charge in [-0.1, -0.05) is 13.8 Å². The molecular weight excluding hydrogens is 316 g/mol. The van der Waals surface area contributed by atoms with Crippen LogP contribution in [0.25, 0.3) is 0 Å². The fourth-order valence-corrected chi connectivity index (χ4v) is 4.10. The van der Waals surface area contributed by atoms with Crippen molar-refractivity contribution in [3.05, 3.63) is 0 Å². The van der Waals surface area contributed by atoms with E-state index in [1.807, 2.05) is 4.90 Å². The number of hydrogen-bond acceptors (Lipinski definition) is 4. The summed E-state index contributed by atoms with van der Waals surface area (Å²) in [5, 5.41) is 0. The summed E-state index contributed by atoms with van der Waals surface area (Å²) in [6.45, 7) is 6.78. The number of nitrogens with one attached hydrogen (secondary N) is 1. The molecule has 1 N–H and O–H groups in total. The third kappa shape index (κ3) is 5.72. The summed E-state index contributed by atoms with van der Waals surface area (Å²) in [6.07, 6.45) is 5.27. The van der Waals surface area contributed by atoms with Gasteiger partial charge in [0.15, 0.2) is 0 Å². The summed E-state index contributed by atoms with van der Waals surface area (Å²) in [7, 11) is -3.14. The van der Waals surface area contributed by atoms with Gasteiger partial charge in [0.25, 0.3) is 0 Å². The average molecular weight is 346 g/mol. The fourth-order valence-electron chi connectivity index (χ4n) is 3.56. The Balaban J connectivity index is 1.85.